The van der Waals surface area contributed by atoms with Gasteiger partial charge in [-0.2, -0.15) is 0 Å². The van der Waals surface area contributed by atoms with Gasteiger partial charge in [0.15, 0.2) is 0 Å². The molecule has 1 saturated carbocycles. The van der Waals surface area contributed by atoms with Gasteiger partial charge in [0, 0.05) is 17.2 Å². The average Bonchev–Trinajstić information content (AvgIpc) is 3.24. The highest BCUT2D eigenvalue weighted by Gasteiger charge is 2.47. The van der Waals surface area contributed by atoms with Crippen molar-refractivity contribution in [1.82, 2.24) is 0 Å². The molecule has 2 aromatic carbocycles. The van der Waals surface area contributed by atoms with Crippen LogP contribution in [0.25, 0.3) is 11.1 Å². The summed E-state index contributed by atoms with van der Waals surface area (Å²) in [5.74, 6) is -3.14. The lowest BCUT2D eigenvalue weighted by atomic mass is 9.99. The average molecular weight is 259 g/mol. The zero-order valence-electron chi connectivity index (χ0n) is 10.4. The number of alkyl halides is 2. The minimum Gasteiger partial charge on any atom is -0.399 e. The molecule has 3 rings (SSSR count). The molecule has 2 aromatic rings. The predicted molar refractivity (Wildman–Crippen MR) is 72.9 cm³/mol. The molecule has 0 aliphatic heterocycles. The summed E-state index contributed by atoms with van der Waals surface area (Å²) in [5, 5.41) is 0. The van der Waals surface area contributed by atoms with Gasteiger partial charge in [0.2, 0.25) is 0 Å². The van der Waals surface area contributed by atoms with Crippen LogP contribution in [0.5, 0.6) is 0 Å². The Kier molecular flexibility index (Phi) is 2.77. The van der Waals surface area contributed by atoms with Crippen molar-refractivity contribution < 1.29 is 8.78 Å². The molecule has 0 spiro atoms. The number of hydrogen-bond donors (Lipinski definition) is 1. The van der Waals surface area contributed by atoms with Crippen molar-refractivity contribution in [2.45, 2.75) is 18.8 Å². The van der Waals surface area contributed by atoms with Crippen molar-refractivity contribution in [3.8, 4) is 11.1 Å². The van der Waals surface area contributed by atoms with Crippen LogP contribution in [0, 0.1) is 5.92 Å². The Balaban J connectivity index is 1.88. The van der Waals surface area contributed by atoms with Crippen LogP contribution in [0.3, 0.4) is 0 Å². The Morgan fingerprint density at radius 3 is 1.79 bits per heavy atom. The molecule has 0 saturated heterocycles. The Bertz CT molecular complexity index is 569. The van der Waals surface area contributed by atoms with Crippen LogP contribution in [-0.4, -0.2) is 0 Å². The number of anilines is 1. The first-order valence-electron chi connectivity index (χ1n) is 6.41. The lowest BCUT2D eigenvalue weighted by Crippen LogP contribution is -2.15. The van der Waals surface area contributed by atoms with Gasteiger partial charge in [0.1, 0.15) is 0 Å². The number of nitrogen functional groups attached to an aromatic ring is 1. The van der Waals surface area contributed by atoms with Gasteiger partial charge in [-0.25, -0.2) is 8.78 Å². The highest BCUT2D eigenvalue weighted by Crippen LogP contribution is 2.49. The van der Waals surface area contributed by atoms with E-state index in [1.807, 2.05) is 24.3 Å². The Morgan fingerprint density at radius 2 is 1.32 bits per heavy atom. The first kappa shape index (κ1) is 12.2. The summed E-state index contributed by atoms with van der Waals surface area (Å²) in [4.78, 5) is 0. The third-order valence-electron chi connectivity index (χ3n) is 3.60. The fourth-order valence-electron chi connectivity index (χ4n) is 2.24. The lowest BCUT2D eigenvalue weighted by molar-refractivity contribution is -0.0285. The first-order valence-corrected chi connectivity index (χ1v) is 6.41. The quantitative estimate of drug-likeness (QED) is 0.810. The summed E-state index contributed by atoms with van der Waals surface area (Å²) in [6, 6.07) is 14.0. The van der Waals surface area contributed by atoms with Crippen molar-refractivity contribution in [3.63, 3.8) is 0 Å². The minimum atomic E-state index is -2.68. The molecule has 1 fully saturated rings. The normalized spacial score (nSPS) is 15.5. The molecule has 0 unspecified atom stereocenters. The van der Waals surface area contributed by atoms with Crippen LogP contribution in [0.15, 0.2) is 48.5 Å². The molecule has 0 bridgehead atoms. The molecule has 19 heavy (non-hydrogen) atoms. The van der Waals surface area contributed by atoms with Gasteiger partial charge in [0.05, 0.1) is 0 Å². The summed E-state index contributed by atoms with van der Waals surface area (Å²) in [6.45, 7) is 0. The van der Waals surface area contributed by atoms with E-state index in [0.717, 1.165) is 11.1 Å². The van der Waals surface area contributed by atoms with E-state index in [-0.39, 0.29) is 5.56 Å². The second-order valence-corrected chi connectivity index (χ2v) is 5.10. The SMILES string of the molecule is Nc1ccc(-c2ccc(C(F)(F)C3CC3)cc2)cc1. The smallest absolute Gasteiger partial charge is 0.276 e. The Hall–Kier alpha value is -1.90. The molecule has 0 amide bonds. The zero-order chi connectivity index (χ0) is 13.5. The molecule has 0 aromatic heterocycles. The minimum absolute atomic E-state index is 0.120. The molecule has 1 aliphatic carbocycles. The van der Waals surface area contributed by atoms with E-state index >= 15 is 0 Å². The summed E-state index contributed by atoms with van der Waals surface area (Å²) in [5.41, 5.74) is 8.35. The van der Waals surface area contributed by atoms with E-state index in [2.05, 4.69) is 0 Å². The number of benzene rings is 2. The largest absolute Gasteiger partial charge is 0.399 e. The van der Waals surface area contributed by atoms with Crippen molar-refractivity contribution in [1.29, 1.82) is 0 Å². The van der Waals surface area contributed by atoms with E-state index in [1.165, 1.54) is 12.1 Å². The fraction of sp³-hybridized carbons (Fsp3) is 0.250. The molecule has 3 heteroatoms. The molecule has 2 N–H and O–H groups in total. The van der Waals surface area contributed by atoms with Crippen LogP contribution in [0.1, 0.15) is 18.4 Å². The molecule has 1 aliphatic rings. The number of rotatable bonds is 3. The fourth-order valence-corrected chi connectivity index (χ4v) is 2.24. The van der Waals surface area contributed by atoms with Crippen molar-refractivity contribution in [3.05, 3.63) is 54.1 Å². The summed E-state index contributed by atoms with van der Waals surface area (Å²) in [7, 11) is 0. The Morgan fingerprint density at radius 1 is 0.842 bits per heavy atom. The van der Waals surface area contributed by atoms with Crippen LogP contribution >= 0.6 is 0 Å². The second-order valence-electron chi connectivity index (χ2n) is 5.10. The molecular formula is C16H15F2N. The molecule has 1 nitrogen and oxygen atoms in total. The van der Waals surface area contributed by atoms with Crippen molar-refractivity contribution in [2.75, 3.05) is 5.73 Å². The van der Waals surface area contributed by atoms with Gasteiger partial charge in [-0.05, 0) is 36.1 Å². The second kappa shape index (κ2) is 4.34. The van der Waals surface area contributed by atoms with Crippen LogP contribution in [0.2, 0.25) is 0 Å². The highest BCUT2D eigenvalue weighted by atomic mass is 19.3. The lowest BCUT2D eigenvalue weighted by Gasteiger charge is -2.16. The van der Waals surface area contributed by atoms with Gasteiger partial charge in [-0.3, -0.25) is 0 Å². The van der Waals surface area contributed by atoms with Crippen LogP contribution in [-0.2, 0) is 5.92 Å². The number of halogens is 2. The summed E-state index contributed by atoms with van der Waals surface area (Å²) >= 11 is 0. The van der Waals surface area contributed by atoms with Gasteiger partial charge < -0.3 is 5.73 Å². The van der Waals surface area contributed by atoms with Gasteiger partial charge in [-0.15, -0.1) is 0 Å². The first-order chi connectivity index (χ1) is 9.07. The topological polar surface area (TPSA) is 26.0 Å². The molecule has 98 valence electrons. The standard InChI is InChI=1S/C16H15F2N/c17-16(18,14-7-8-14)13-5-1-11(2-6-13)12-3-9-15(19)10-4-12/h1-6,9-10,14H,7-8,19H2. The predicted octanol–water partition coefficient (Wildman–Crippen LogP) is 4.44. The highest BCUT2D eigenvalue weighted by molar-refractivity contribution is 5.65. The maximum Gasteiger partial charge on any atom is 0.276 e. The maximum atomic E-state index is 13.9. The Labute approximate surface area is 111 Å². The van der Waals surface area contributed by atoms with E-state index < -0.39 is 11.8 Å². The monoisotopic (exact) mass is 259 g/mol. The molecule has 0 radical (unpaired) electrons. The van der Waals surface area contributed by atoms with E-state index in [4.69, 9.17) is 5.73 Å². The molecule has 0 atom stereocenters. The summed E-state index contributed by atoms with van der Waals surface area (Å²) < 4.78 is 27.8. The van der Waals surface area contributed by atoms with E-state index in [9.17, 15) is 8.78 Å². The maximum absolute atomic E-state index is 13.9. The van der Waals surface area contributed by atoms with E-state index in [0.29, 0.717) is 18.5 Å². The molecule has 0 heterocycles. The third-order valence-corrected chi connectivity index (χ3v) is 3.60. The van der Waals surface area contributed by atoms with Crippen LogP contribution < -0.4 is 5.73 Å². The van der Waals surface area contributed by atoms with E-state index in [1.54, 1.807) is 12.1 Å². The number of hydrogen-bond acceptors (Lipinski definition) is 1. The van der Waals surface area contributed by atoms with Crippen molar-refractivity contribution in [2.24, 2.45) is 5.92 Å². The number of nitrogens with two attached hydrogens (primary N) is 1. The van der Waals surface area contributed by atoms with Gasteiger partial charge >= 0.3 is 0 Å². The zero-order valence-corrected chi connectivity index (χ0v) is 10.4. The molecular weight excluding hydrogens is 244 g/mol. The third kappa shape index (κ3) is 2.33. The van der Waals surface area contributed by atoms with Crippen molar-refractivity contribution >= 4 is 5.69 Å². The van der Waals surface area contributed by atoms with Gasteiger partial charge in [-0.1, -0.05) is 36.4 Å². The summed E-state index contributed by atoms with van der Waals surface area (Å²) in [6.07, 6.45) is 1.26. The van der Waals surface area contributed by atoms with Crippen LogP contribution in [0.4, 0.5) is 14.5 Å². The van der Waals surface area contributed by atoms with Gasteiger partial charge in [0.25, 0.3) is 5.92 Å².